The van der Waals surface area contributed by atoms with E-state index in [9.17, 15) is 0 Å². The number of hydrogen-bond acceptors (Lipinski definition) is 2. The molecule has 0 amide bonds. The van der Waals surface area contributed by atoms with E-state index in [1.165, 1.54) is 5.57 Å². The number of rotatable bonds is 2. The molecule has 1 heterocycles. The maximum atomic E-state index is 5.50. The Bertz CT molecular complexity index is 194. The lowest BCUT2D eigenvalue weighted by molar-refractivity contribution is -0.0364. The minimum Gasteiger partial charge on any atom is -0.350 e. The lowest BCUT2D eigenvalue weighted by atomic mass is 10.1. The zero-order chi connectivity index (χ0) is 8.97. The van der Waals surface area contributed by atoms with Gasteiger partial charge in [0.25, 0.3) is 0 Å². The predicted molar refractivity (Wildman–Crippen MR) is 48.9 cm³/mol. The molecule has 12 heavy (non-hydrogen) atoms. The molecule has 0 saturated carbocycles. The van der Waals surface area contributed by atoms with Gasteiger partial charge < -0.3 is 9.47 Å². The van der Waals surface area contributed by atoms with Crippen molar-refractivity contribution in [3.8, 4) is 0 Å². The van der Waals surface area contributed by atoms with Crippen LogP contribution in [0.5, 0.6) is 0 Å². The van der Waals surface area contributed by atoms with Gasteiger partial charge in [0, 0.05) is 0 Å². The highest BCUT2D eigenvalue weighted by Crippen LogP contribution is 2.17. The third-order valence-corrected chi connectivity index (χ3v) is 1.90. The Labute approximate surface area is 73.9 Å². The third-order valence-electron chi connectivity index (χ3n) is 1.90. The van der Waals surface area contributed by atoms with Crippen LogP contribution in [-0.2, 0) is 9.47 Å². The lowest BCUT2D eigenvalue weighted by Gasteiger charge is -2.07. The Morgan fingerprint density at radius 2 is 2.25 bits per heavy atom. The molecule has 2 nitrogen and oxygen atoms in total. The van der Waals surface area contributed by atoms with Crippen LogP contribution in [0.3, 0.4) is 0 Å². The highest BCUT2D eigenvalue weighted by atomic mass is 16.7. The van der Waals surface area contributed by atoms with Crippen LogP contribution in [-0.4, -0.2) is 19.0 Å². The fourth-order valence-corrected chi connectivity index (χ4v) is 1.13. The molecule has 0 aromatic carbocycles. The molecule has 0 aliphatic carbocycles. The fourth-order valence-electron chi connectivity index (χ4n) is 1.13. The Balaban J connectivity index is 2.47. The van der Waals surface area contributed by atoms with E-state index in [1.54, 1.807) is 0 Å². The minimum absolute atomic E-state index is 0.0519. The molecule has 0 aromatic heterocycles. The Morgan fingerprint density at radius 1 is 1.50 bits per heavy atom. The highest BCUT2D eigenvalue weighted by molar-refractivity contribution is 5.14. The first-order valence-corrected chi connectivity index (χ1v) is 4.30. The number of hydrogen-bond donors (Lipinski definition) is 0. The molecule has 0 N–H and O–H groups in total. The molecule has 1 fully saturated rings. The van der Waals surface area contributed by atoms with Crippen molar-refractivity contribution in [3.63, 3.8) is 0 Å². The van der Waals surface area contributed by atoms with Gasteiger partial charge in [-0.3, -0.25) is 0 Å². The Kier molecular flexibility index (Phi) is 3.50. The van der Waals surface area contributed by atoms with Gasteiger partial charge >= 0.3 is 0 Å². The van der Waals surface area contributed by atoms with Gasteiger partial charge in [0.05, 0.1) is 6.61 Å². The van der Waals surface area contributed by atoms with Gasteiger partial charge in [-0.1, -0.05) is 18.2 Å². The zero-order valence-electron chi connectivity index (χ0n) is 7.91. The molecule has 68 valence electrons. The fraction of sp³-hybridized carbons (Fsp3) is 0.600. The lowest BCUT2D eigenvalue weighted by Crippen LogP contribution is -2.11. The average molecular weight is 168 g/mol. The second-order valence-corrected chi connectivity index (χ2v) is 2.96. The standard InChI is InChI=1S/C10H16O2/c1-4-5-6-8(2)10-7-11-9(3)12-10/h4-6,9-10H,7H2,1-3H3/b5-4-,8-6+. The summed E-state index contributed by atoms with van der Waals surface area (Å²) in [7, 11) is 0. The maximum absolute atomic E-state index is 5.50. The van der Waals surface area contributed by atoms with E-state index in [1.807, 2.05) is 26.0 Å². The van der Waals surface area contributed by atoms with E-state index in [0.717, 1.165) is 0 Å². The van der Waals surface area contributed by atoms with Crippen molar-refractivity contribution in [2.75, 3.05) is 6.61 Å². The molecule has 1 rings (SSSR count). The van der Waals surface area contributed by atoms with E-state index in [0.29, 0.717) is 6.61 Å². The quantitative estimate of drug-likeness (QED) is 0.589. The normalized spacial score (nSPS) is 31.8. The van der Waals surface area contributed by atoms with Crippen LogP contribution >= 0.6 is 0 Å². The van der Waals surface area contributed by atoms with Gasteiger partial charge in [-0.2, -0.15) is 0 Å². The van der Waals surface area contributed by atoms with Crippen molar-refractivity contribution in [3.05, 3.63) is 23.8 Å². The van der Waals surface area contributed by atoms with Crippen molar-refractivity contribution >= 4 is 0 Å². The van der Waals surface area contributed by atoms with Crippen molar-refractivity contribution < 1.29 is 9.47 Å². The summed E-state index contributed by atoms with van der Waals surface area (Å²) in [6, 6.07) is 0. The SMILES string of the molecule is C/C=C\C=C(/C)C1COC(C)O1. The molecular weight excluding hydrogens is 152 g/mol. The van der Waals surface area contributed by atoms with Crippen molar-refractivity contribution in [1.29, 1.82) is 0 Å². The summed E-state index contributed by atoms with van der Waals surface area (Å²) in [5.74, 6) is 0. The molecule has 0 radical (unpaired) electrons. The van der Waals surface area contributed by atoms with Crippen LogP contribution in [0, 0.1) is 0 Å². The van der Waals surface area contributed by atoms with Crippen LogP contribution in [0.2, 0.25) is 0 Å². The summed E-state index contributed by atoms with van der Waals surface area (Å²) in [5, 5.41) is 0. The van der Waals surface area contributed by atoms with Crippen LogP contribution in [0.25, 0.3) is 0 Å². The molecule has 2 unspecified atom stereocenters. The molecule has 1 aliphatic heterocycles. The summed E-state index contributed by atoms with van der Waals surface area (Å²) in [6.45, 7) is 6.66. The van der Waals surface area contributed by atoms with Crippen molar-refractivity contribution in [1.82, 2.24) is 0 Å². The summed E-state index contributed by atoms with van der Waals surface area (Å²) >= 11 is 0. The topological polar surface area (TPSA) is 18.5 Å². The maximum Gasteiger partial charge on any atom is 0.155 e. The third kappa shape index (κ3) is 2.47. The second kappa shape index (κ2) is 4.43. The van der Waals surface area contributed by atoms with Crippen LogP contribution in [0.4, 0.5) is 0 Å². The van der Waals surface area contributed by atoms with Crippen LogP contribution < -0.4 is 0 Å². The van der Waals surface area contributed by atoms with E-state index in [2.05, 4.69) is 13.0 Å². The van der Waals surface area contributed by atoms with Gasteiger partial charge in [0.1, 0.15) is 6.10 Å². The van der Waals surface area contributed by atoms with Crippen molar-refractivity contribution in [2.45, 2.75) is 33.2 Å². The summed E-state index contributed by atoms with van der Waals surface area (Å²) in [6.07, 6.45) is 6.18. The van der Waals surface area contributed by atoms with Crippen LogP contribution in [0.1, 0.15) is 20.8 Å². The monoisotopic (exact) mass is 168 g/mol. The largest absolute Gasteiger partial charge is 0.350 e. The molecular formula is C10H16O2. The summed E-state index contributed by atoms with van der Waals surface area (Å²) < 4.78 is 10.8. The van der Waals surface area contributed by atoms with Crippen molar-refractivity contribution in [2.24, 2.45) is 0 Å². The van der Waals surface area contributed by atoms with Crippen LogP contribution in [0.15, 0.2) is 23.8 Å². The first kappa shape index (κ1) is 9.49. The average Bonchev–Trinajstić information content (AvgIpc) is 2.47. The molecule has 0 spiro atoms. The van der Waals surface area contributed by atoms with E-state index >= 15 is 0 Å². The van der Waals surface area contributed by atoms with E-state index in [-0.39, 0.29) is 12.4 Å². The summed E-state index contributed by atoms with van der Waals surface area (Å²) in [5.41, 5.74) is 1.22. The second-order valence-electron chi connectivity index (χ2n) is 2.96. The summed E-state index contributed by atoms with van der Waals surface area (Å²) in [4.78, 5) is 0. The van der Waals surface area contributed by atoms with Gasteiger partial charge in [-0.05, 0) is 26.3 Å². The van der Waals surface area contributed by atoms with Gasteiger partial charge in [-0.25, -0.2) is 0 Å². The minimum atomic E-state index is -0.0519. The van der Waals surface area contributed by atoms with Gasteiger partial charge in [0.2, 0.25) is 0 Å². The molecule has 0 aromatic rings. The Morgan fingerprint density at radius 3 is 2.75 bits per heavy atom. The molecule has 0 bridgehead atoms. The predicted octanol–water partition coefficient (Wildman–Crippen LogP) is 2.27. The zero-order valence-corrected chi connectivity index (χ0v) is 7.91. The first-order chi connectivity index (χ1) is 5.74. The van der Waals surface area contributed by atoms with Gasteiger partial charge in [-0.15, -0.1) is 0 Å². The molecule has 2 heteroatoms. The highest BCUT2D eigenvalue weighted by Gasteiger charge is 2.22. The Hall–Kier alpha value is -0.600. The molecule has 2 atom stereocenters. The number of allylic oxidation sites excluding steroid dienone is 3. The smallest absolute Gasteiger partial charge is 0.155 e. The first-order valence-electron chi connectivity index (χ1n) is 4.30. The molecule has 1 aliphatic rings. The molecule has 1 saturated heterocycles. The number of ether oxygens (including phenoxy) is 2. The van der Waals surface area contributed by atoms with E-state index in [4.69, 9.17) is 9.47 Å². The van der Waals surface area contributed by atoms with E-state index < -0.39 is 0 Å². The van der Waals surface area contributed by atoms with Gasteiger partial charge in [0.15, 0.2) is 6.29 Å².